The molecule has 2 aromatic rings. The van der Waals surface area contributed by atoms with Crippen LogP contribution in [0.5, 0.6) is 0 Å². The molecule has 1 amide bonds. The molecule has 0 spiro atoms. The summed E-state index contributed by atoms with van der Waals surface area (Å²) >= 11 is 0. The largest absolute Gasteiger partial charge is 0.341 e. The number of hydrogen-bond acceptors (Lipinski definition) is 2. The van der Waals surface area contributed by atoms with Crippen LogP contribution < -0.4 is 5.32 Å². The number of benzene rings is 2. The summed E-state index contributed by atoms with van der Waals surface area (Å²) in [7, 11) is 0. The number of carbonyl (C=O) groups excluding carboxylic acids is 1. The first-order chi connectivity index (χ1) is 11.3. The number of hydrogen-bond donors (Lipinski definition) is 1. The molecule has 3 nitrogen and oxygen atoms in total. The van der Waals surface area contributed by atoms with Crippen LogP contribution in [0.4, 0.5) is 0 Å². The summed E-state index contributed by atoms with van der Waals surface area (Å²) in [5.74, 6) is 0.382. The molecular formula is C20H25ClN2O. The Morgan fingerprint density at radius 3 is 2.08 bits per heavy atom. The first kappa shape index (κ1) is 18.5. The van der Waals surface area contributed by atoms with Crippen molar-refractivity contribution in [3.8, 4) is 0 Å². The highest BCUT2D eigenvalue weighted by Gasteiger charge is 2.22. The third-order valence-electron chi connectivity index (χ3n) is 4.48. The van der Waals surface area contributed by atoms with E-state index < -0.39 is 0 Å². The average molecular weight is 345 g/mol. The van der Waals surface area contributed by atoms with E-state index in [9.17, 15) is 4.79 Å². The number of nitrogens with one attached hydrogen (secondary N) is 1. The molecule has 0 radical (unpaired) electrons. The summed E-state index contributed by atoms with van der Waals surface area (Å²) in [4.78, 5) is 14.8. The van der Waals surface area contributed by atoms with Gasteiger partial charge in [0.2, 0.25) is 5.91 Å². The molecule has 0 atom stereocenters. The summed E-state index contributed by atoms with van der Waals surface area (Å²) in [6, 6.07) is 20.7. The summed E-state index contributed by atoms with van der Waals surface area (Å²) in [5.41, 5.74) is 2.42. The van der Waals surface area contributed by atoms with Crippen molar-refractivity contribution in [2.24, 2.45) is 0 Å². The molecule has 0 aliphatic carbocycles. The molecule has 1 saturated heterocycles. The first-order valence-electron chi connectivity index (χ1n) is 8.43. The van der Waals surface area contributed by atoms with Crippen LogP contribution in [-0.4, -0.2) is 37.0 Å². The number of halogens is 1. The summed E-state index contributed by atoms with van der Waals surface area (Å²) in [6.07, 6.45) is 1.57. The lowest BCUT2D eigenvalue weighted by molar-refractivity contribution is -0.131. The van der Waals surface area contributed by atoms with Crippen LogP contribution in [0.2, 0.25) is 0 Å². The van der Waals surface area contributed by atoms with Gasteiger partial charge >= 0.3 is 0 Å². The van der Waals surface area contributed by atoms with E-state index in [1.807, 2.05) is 41.3 Å². The quantitative estimate of drug-likeness (QED) is 0.921. The maximum absolute atomic E-state index is 12.8. The van der Waals surface area contributed by atoms with Crippen molar-refractivity contribution < 1.29 is 4.79 Å². The molecule has 2 aromatic carbocycles. The average Bonchev–Trinajstić information content (AvgIpc) is 2.90. The molecule has 0 bridgehead atoms. The zero-order valence-corrected chi connectivity index (χ0v) is 14.7. The van der Waals surface area contributed by atoms with Crippen molar-refractivity contribution in [2.45, 2.75) is 18.8 Å². The smallest absolute Gasteiger partial charge is 0.223 e. The van der Waals surface area contributed by atoms with Gasteiger partial charge in [-0.25, -0.2) is 0 Å². The molecule has 1 aliphatic rings. The van der Waals surface area contributed by atoms with Crippen LogP contribution in [-0.2, 0) is 4.79 Å². The predicted molar refractivity (Wildman–Crippen MR) is 101 cm³/mol. The Balaban J connectivity index is 0.00000208. The van der Waals surface area contributed by atoms with Crippen LogP contribution in [0.15, 0.2) is 60.7 Å². The Morgan fingerprint density at radius 1 is 0.917 bits per heavy atom. The molecule has 4 heteroatoms. The lowest BCUT2D eigenvalue weighted by Gasteiger charge is -2.24. The summed E-state index contributed by atoms with van der Waals surface area (Å²) in [5, 5.41) is 3.35. The Hall–Kier alpha value is -1.84. The van der Waals surface area contributed by atoms with Gasteiger partial charge < -0.3 is 10.2 Å². The zero-order valence-electron chi connectivity index (χ0n) is 13.9. The van der Waals surface area contributed by atoms with Gasteiger partial charge in [0.25, 0.3) is 0 Å². The molecule has 128 valence electrons. The van der Waals surface area contributed by atoms with Crippen LogP contribution in [0.1, 0.15) is 29.9 Å². The maximum Gasteiger partial charge on any atom is 0.223 e. The minimum Gasteiger partial charge on any atom is -0.341 e. The van der Waals surface area contributed by atoms with E-state index in [4.69, 9.17) is 0 Å². The predicted octanol–water partition coefficient (Wildman–Crippen LogP) is 3.45. The zero-order chi connectivity index (χ0) is 15.9. The van der Waals surface area contributed by atoms with Crippen molar-refractivity contribution in [3.63, 3.8) is 0 Å². The molecule has 0 saturated carbocycles. The third kappa shape index (κ3) is 4.83. The van der Waals surface area contributed by atoms with E-state index in [0.29, 0.717) is 6.42 Å². The summed E-state index contributed by atoms with van der Waals surface area (Å²) in [6.45, 7) is 3.58. The third-order valence-corrected chi connectivity index (χ3v) is 4.48. The monoisotopic (exact) mass is 344 g/mol. The fourth-order valence-corrected chi connectivity index (χ4v) is 3.20. The molecular weight excluding hydrogens is 320 g/mol. The van der Waals surface area contributed by atoms with Gasteiger partial charge in [-0.05, 0) is 24.1 Å². The van der Waals surface area contributed by atoms with Gasteiger partial charge in [-0.3, -0.25) is 4.79 Å². The maximum atomic E-state index is 12.8. The van der Waals surface area contributed by atoms with Crippen molar-refractivity contribution in [1.29, 1.82) is 0 Å². The number of amides is 1. The normalized spacial score (nSPS) is 14.8. The van der Waals surface area contributed by atoms with Crippen molar-refractivity contribution >= 4 is 18.3 Å². The molecule has 1 heterocycles. The van der Waals surface area contributed by atoms with Gasteiger partial charge in [0, 0.05) is 32.0 Å². The highest BCUT2D eigenvalue weighted by atomic mass is 35.5. The number of carbonyl (C=O) groups is 1. The van der Waals surface area contributed by atoms with E-state index in [1.54, 1.807) is 0 Å². The Bertz CT molecular complexity index is 571. The minimum absolute atomic E-state index is 0. The second kappa shape index (κ2) is 9.45. The molecule has 1 fully saturated rings. The van der Waals surface area contributed by atoms with Crippen LogP contribution in [0.25, 0.3) is 0 Å². The van der Waals surface area contributed by atoms with E-state index >= 15 is 0 Å². The van der Waals surface area contributed by atoms with Gasteiger partial charge in [-0.1, -0.05) is 60.7 Å². The Kier molecular flexibility index (Phi) is 7.29. The Morgan fingerprint density at radius 2 is 1.50 bits per heavy atom. The van der Waals surface area contributed by atoms with Crippen LogP contribution >= 0.6 is 12.4 Å². The topological polar surface area (TPSA) is 32.3 Å². The van der Waals surface area contributed by atoms with Crippen molar-refractivity contribution in [3.05, 3.63) is 71.8 Å². The van der Waals surface area contributed by atoms with E-state index in [0.717, 1.165) is 32.6 Å². The SMILES string of the molecule is Cl.O=C(CC(c1ccccc1)c1ccccc1)N1CCCNCC1. The first-order valence-corrected chi connectivity index (χ1v) is 8.43. The van der Waals surface area contributed by atoms with Gasteiger partial charge in [0.15, 0.2) is 0 Å². The number of rotatable bonds is 4. The second-order valence-corrected chi connectivity index (χ2v) is 6.06. The number of nitrogens with zero attached hydrogens (tertiary/aromatic N) is 1. The van der Waals surface area contributed by atoms with E-state index in [-0.39, 0.29) is 24.2 Å². The van der Waals surface area contributed by atoms with Crippen molar-refractivity contribution in [1.82, 2.24) is 10.2 Å². The van der Waals surface area contributed by atoms with Gasteiger partial charge in [0.1, 0.15) is 0 Å². The van der Waals surface area contributed by atoms with E-state index in [1.165, 1.54) is 11.1 Å². The highest BCUT2D eigenvalue weighted by molar-refractivity contribution is 5.85. The highest BCUT2D eigenvalue weighted by Crippen LogP contribution is 2.28. The van der Waals surface area contributed by atoms with Crippen LogP contribution in [0.3, 0.4) is 0 Å². The second-order valence-electron chi connectivity index (χ2n) is 6.06. The molecule has 1 aliphatic heterocycles. The fraction of sp³-hybridized carbons (Fsp3) is 0.350. The van der Waals surface area contributed by atoms with E-state index in [2.05, 4.69) is 29.6 Å². The summed E-state index contributed by atoms with van der Waals surface area (Å²) < 4.78 is 0. The molecule has 3 rings (SSSR count). The van der Waals surface area contributed by atoms with Gasteiger partial charge in [-0.2, -0.15) is 0 Å². The lowest BCUT2D eigenvalue weighted by Crippen LogP contribution is -2.35. The molecule has 0 unspecified atom stereocenters. The van der Waals surface area contributed by atoms with Gasteiger partial charge in [0.05, 0.1) is 0 Å². The molecule has 0 aromatic heterocycles. The minimum atomic E-state index is 0. The van der Waals surface area contributed by atoms with Crippen molar-refractivity contribution in [2.75, 3.05) is 26.2 Å². The lowest BCUT2D eigenvalue weighted by atomic mass is 9.88. The van der Waals surface area contributed by atoms with Gasteiger partial charge in [-0.15, -0.1) is 12.4 Å². The fourth-order valence-electron chi connectivity index (χ4n) is 3.20. The molecule has 1 N–H and O–H groups in total. The Labute approximate surface area is 150 Å². The van der Waals surface area contributed by atoms with Crippen LogP contribution in [0, 0.1) is 0 Å². The molecule has 24 heavy (non-hydrogen) atoms. The standard InChI is InChI=1S/C20H24N2O.ClH/c23-20(22-14-7-12-21-13-15-22)16-19(17-8-3-1-4-9-17)18-10-5-2-6-11-18;/h1-6,8-11,19,21H,7,12-16H2;1H.